The van der Waals surface area contributed by atoms with Crippen LogP contribution in [0.5, 0.6) is 0 Å². The predicted molar refractivity (Wildman–Crippen MR) is 96.5 cm³/mol. The third-order valence-corrected chi connectivity index (χ3v) is 4.66. The second kappa shape index (κ2) is 8.27. The summed E-state index contributed by atoms with van der Waals surface area (Å²) in [4.78, 5) is 16.9. The molecule has 0 aliphatic carbocycles. The third-order valence-electron chi connectivity index (χ3n) is 4.66. The average molecular weight is 342 g/mol. The van der Waals surface area contributed by atoms with Crippen LogP contribution in [0.1, 0.15) is 18.9 Å². The molecule has 0 unspecified atom stereocenters. The van der Waals surface area contributed by atoms with Crippen molar-refractivity contribution < 1.29 is 9.53 Å². The molecular weight excluding hydrogens is 316 g/mol. The minimum absolute atomic E-state index is 0.0581. The highest BCUT2D eigenvalue weighted by Crippen LogP contribution is 2.14. The first kappa shape index (κ1) is 17.6. The molecule has 6 heteroatoms. The fourth-order valence-corrected chi connectivity index (χ4v) is 3.26. The van der Waals surface area contributed by atoms with Gasteiger partial charge in [-0.2, -0.15) is 5.10 Å². The van der Waals surface area contributed by atoms with Crippen LogP contribution in [0.25, 0.3) is 5.69 Å². The van der Waals surface area contributed by atoms with Gasteiger partial charge in [0.15, 0.2) is 0 Å². The van der Waals surface area contributed by atoms with E-state index in [-0.39, 0.29) is 11.9 Å². The lowest BCUT2D eigenvalue weighted by atomic mass is 10.1. The second-order valence-corrected chi connectivity index (χ2v) is 6.38. The SMILES string of the molecule is CC[C@@H](C(=O)N(C)Cc1ccc(-n2cccn2)cc1)N1CCOCC1. The molecule has 1 aromatic carbocycles. The van der Waals surface area contributed by atoms with Crippen LogP contribution >= 0.6 is 0 Å². The van der Waals surface area contributed by atoms with E-state index in [1.807, 2.05) is 41.0 Å². The van der Waals surface area contributed by atoms with E-state index in [0.717, 1.165) is 30.8 Å². The molecule has 1 aliphatic heterocycles. The summed E-state index contributed by atoms with van der Waals surface area (Å²) in [5.74, 6) is 0.181. The lowest BCUT2D eigenvalue weighted by molar-refractivity contribution is -0.138. The van der Waals surface area contributed by atoms with Crippen molar-refractivity contribution >= 4 is 5.91 Å². The number of hydrogen-bond acceptors (Lipinski definition) is 4. The summed E-state index contributed by atoms with van der Waals surface area (Å²) in [5.41, 5.74) is 2.13. The Kier molecular flexibility index (Phi) is 5.83. The van der Waals surface area contributed by atoms with Crippen LogP contribution in [0.4, 0.5) is 0 Å². The molecule has 134 valence electrons. The molecule has 0 saturated carbocycles. The maximum atomic E-state index is 12.9. The monoisotopic (exact) mass is 342 g/mol. The van der Waals surface area contributed by atoms with Crippen molar-refractivity contribution in [3.8, 4) is 5.69 Å². The lowest BCUT2D eigenvalue weighted by Gasteiger charge is -2.35. The predicted octanol–water partition coefficient (Wildman–Crippen LogP) is 1.94. The minimum Gasteiger partial charge on any atom is -0.379 e. The van der Waals surface area contributed by atoms with E-state index >= 15 is 0 Å². The number of benzene rings is 1. The second-order valence-electron chi connectivity index (χ2n) is 6.38. The largest absolute Gasteiger partial charge is 0.379 e. The molecule has 1 amide bonds. The first-order chi connectivity index (χ1) is 12.2. The summed E-state index contributed by atoms with van der Waals surface area (Å²) in [6.07, 6.45) is 4.50. The molecule has 1 aromatic heterocycles. The summed E-state index contributed by atoms with van der Waals surface area (Å²) in [5, 5.41) is 4.23. The molecule has 25 heavy (non-hydrogen) atoms. The molecule has 0 N–H and O–H groups in total. The minimum atomic E-state index is -0.0581. The Bertz CT molecular complexity index is 663. The molecule has 1 fully saturated rings. The van der Waals surface area contributed by atoms with Gasteiger partial charge in [-0.05, 0) is 30.2 Å². The van der Waals surface area contributed by atoms with Crippen LogP contribution in [0.2, 0.25) is 0 Å². The van der Waals surface area contributed by atoms with E-state index in [1.165, 1.54) is 0 Å². The van der Waals surface area contributed by atoms with Gasteiger partial charge in [0.2, 0.25) is 5.91 Å². The normalized spacial score (nSPS) is 16.6. The van der Waals surface area contributed by atoms with Crippen LogP contribution in [0.3, 0.4) is 0 Å². The van der Waals surface area contributed by atoms with Gasteiger partial charge in [-0.25, -0.2) is 4.68 Å². The van der Waals surface area contributed by atoms with E-state index in [1.54, 1.807) is 6.20 Å². The highest BCUT2D eigenvalue weighted by atomic mass is 16.5. The van der Waals surface area contributed by atoms with Gasteiger partial charge in [0.05, 0.1) is 24.9 Å². The molecular formula is C19H26N4O2. The molecule has 1 atom stereocenters. The molecule has 0 bridgehead atoms. The zero-order valence-corrected chi connectivity index (χ0v) is 15.0. The topological polar surface area (TPSA) is 50.6 Å². The van der Waals surface area contributed by atoms with E-state index in [0.29, 0.717) is 19.8 Å². The van der Waals surface area contributed by atoms with E-state index in [2.05, 4.69) is 29.1 Å². The van der Waals surface area contributed by atoms with Crippen LogP contribution in [-0.4, -0.2) is 64.9 Å². The first-order valence-electron chi connectivity index (χ1n) is 8.84. The molecule has 1 aliphatic rings. The highest BCUT2D eigenvalue weighted by molar-refractivity contribution is 5.81. The van der Waals surface area contributed by atoms with Crippen molar-refractivity contribution in [2.75, 3.05) is 33.4 Å². The molecule has 6 nitrogen and oxygen atoms in total. The number of carbonyl (C=O) groups excluding carboxylic acids is 1. The van der Waals surface area contributed by atoms with Crippen LogP contribution in [0, 0.1) is 0 Å². The standard InChI is InChI=1S/C19H26N4O2/c1-3-18(22-11-13-25-14-12-22)19(24)21(2)15-16-5-7-17(8-6-16)23-10-4-9-20-23/h4-10,18H,3,11-15H2,1-2H3/t18-/m0/s1. The van der Waals surface area contributed by atoms with Gasteiger partial charge in [0, 0.05) is 39.1 Å². The quantitative estimate of drug-likeness (QED) is 0.805. The van der Waals surface area contributed by atoms with Crippen molar-refractivity contribution in [2.24, 2.45) is 0 Å². The number of amides is 1. The van der Waals surface area contributed by atoms with Crippen LogP contribution < -0.4 is 0 Å². The van der Waals surface area contributed by atoms with Gasteiger partial charge in [-0.1, -0.05) is 19.1 Å². The Balaban J connectivity index is 1.62. The summed E-state index contributed by atoms with van der Waals surface area (Å²) >= 11 is 0. The smallest absolute Gasteiger partial charge is 0.239 e. The molecule has 2 aromatic rings. The Morgan fingerprint density at radius 2 is 2.00 bits per heavy atom. The van der Waals surface area contributed by atoms with E-state index < -0.39 is 0 Å². The molecule has 0 spiro atoms. The van der Waals surface area contributed by atoms with Crippen LogP contribution in [0.15, 0.2) is 42.7 Å². The van der Waals surface area contributed by atoms with Gasteiger partial charge in [-0.3, -0.25) is 9.69 Å². The molecule has 1 saturated heterocycles. The van der Waals surface area contributed by atoms with Crippen molar-refractivity contribution in [3.63, 3.8) is 0 Å². The zero-order valence-electron chi connectivity index (χ0n) is 15.0. The number of hydrogen-bond donors (Lipinski definition) is 0. The van der Waals surface area contributed by atoms with Gasteiger partial charge >= 0.3 is 0 Å². The van der Waals surface area contributed by atoms with Gasteiger partial charge in [0.1, 0.15) is 0 Å². The summed E-state index contributed by atoms with van der Waals surface area (Å²) in [6.45, 7) is 5.77. The summed E-state index contributed by atoms with van der Waals surface area (Å²) < 4.78 is 7.22. The number of rotatable bonds is 6. The Morgan fingerprint density at radius 3 is 2.60 bits per heavy atom. The summed E-state index contributed by atoms with van der Waals surface area (Å²) in [7, 11) is 1.88. The van der Waals surface area contributed by atoms with Crippen molar-refractivity contribution in [1.29, 1.82) is 0 Å². The number of ether oxygens (including phenoxy) is 1. The average Bonchev–Trinajstić information content (AvgIpc) is 3.18. The zero-order chi connectivity index (χ0) is 17.6. The Labute approximate surface area is 149 Å². The number of morpholine rings is 1. The van der Waals surface area contributed by atoms with E-state index in [9.17, 15) is 4.79 Å². The highest BCUT2D eigenvalue weighted by Gasteiger charge is 2.28. The van der Waals surface area contributed by atoms with Crippen molar-refractivity contribution in [2.45, 2.75) is 25.9 Å². The fourth-order valence-electron chi connectivity index (χ4n) is 3.26. The third kappa shape index (κ3) is 4.27. The van der Waals surface area contributed by atoms with Gasteiger partial charge in [0.25, 0.3) is 0 Å². The lowest BCUT2D eigenvalue weighted by Crippen LogP contribution is -2.51. The van der Waals surface area contributed by atoms with Crippen molar-refractivity contribution in [3.05, 3.63) is 48.3 Å². The Morgan fingerprint density at radius 1 is 1.28 bits per heavy atom. The number of likely N-dealkylation sites (N-methyl/N-ethyl adjacent to an activating group) is 1. The molecule has 0 radical (unpaired) electrons. The maximum absolute atomic E-state index is 12.9. The fraction of sp³-hybridized carbons (Fsp3) is 0.474. The summed E-state index contributed by atoms with van der Waals surface area (Å²) in [6, 6.07) is 10.0. The van der Waals surface area contributed by atoms with Gasteiger partial charge < -0.3 is 9.64 Å². The number of nitrogens with zero attached hydrogens (tertiary/aromatic N) is 4. The van der Waals surface area contributed by atoms with Gasteiger partial charge in [-0.15, -0.1) is 0 Å². The maximum Gasteiger partial charge on any atom is 0.239 e. The van der Waals surface area contributed by atoms with Crippen LogP contribution in [-0.2, 0) is 16.1 Å². The van der Waals surface area contributed by atoms with Crippen molar-refractivity contribution in [1.82, 2.24) is 19.6 Å². The Hall–Kier alpha value is -2.18. The molecule has 2 heterocycles. The molecule has 3 rings (SSSR count). The first-order valence-corrected chi connectivity index (χ1v) is 8.84. The van der Waals surface area contributed by atoms with E-state index in [4.69, 9.17) is 4.74 Å². The number of carbonyl (C=O) groups is 1. The number of aromatic nitrogens is 2.